The summed E-state index contributed by atoms with van der Waals surface area (Å²) >= 11 is 3.19. The van der Waals surface area contributed by atoms with Crippen LogP contribution in [0.5, 0.6) is 5.88 Å². The lowest BCUT2D eigenvalue weighted by atomic mass is 10.2. The molecule has 1 amide bonds. The molecule has 120 valence electrons. The fourth-order valence-corrected chi connectivity index (χ4v) is 2.41. The van der Waals surface area contributed by atoms with Crippen molar-refractivity contribution in [2.75, 3.05) is 0 Å². The number of hydrogen-bond donors (Lipinski definition) is 2. The Morgan fingerprint density at radius 2 is 2.12 bits per heavy atom. The number of fused-ring (bicyclic) bond motifs is 1. The number of halogens is 1. The third-order valence-corrected chi connectivity index (χ3v) is 3.57. The van der Waals surface area contributed by atoms with Crippen molar-refractivity contribution in [2.45, 2.75) is 0 Å². The summed E-state index contributed by atoms with van der Waals surface area (Å²) in [6, 6.07) is 5.49. The smallest absolute Gasteiger partial charge is 0.297 e. The van der Waals surface area contributed by atoms with Crippen LogP contribution in [0.3, 0.4) is 0 Å². The Labute approximate surface area is 142 Å². The van der Waals surface area contributed by atoms with Gasteiger partial charge in [0, 0.05) is 34.4 Å². The molecule has 0 aliphatic carbocycles. The fraction of sp³-hybridized carbons (Fsp3) is 0. The van der Waals surface area contributed by atoms with E-state index in [0.29, 0.717) is 9.99 Å². The third-order valence-electron chi connectivity index (χ3n) is 3.14. The zero-order valence-electron chi connectivity index (χ0n) is 11.8. The average molecular weight is 390 g/mol. The lowest BCUT2D eigenvalue weighted by Gasteiger charge is -1.95. The summed E-state index contributed by atoms with van der Waals surface area (Å²) < 4.78 is 0.606. The van der Waals surface area contributed by atoms with E-state index in [4.69, 9.17) is 0 Å². The van der Waals surface area contributed by atoms with Crippen LogP contribution in [0.25, 0.3) is 10.9 Å². The van der Waals surface area contributed by atoms with E-state index in [1.165, 1.54) is 36.7 Å². The molecule has 0 unspecified atom stereocenters. The summed E-state index contributed by atoms with van der Waals surface area (Å²) in [5, 5.41) is 28.3. The number of H-pyrrole nitrogens is 1. The summed E-state index contributed by atoms with van der Waals surface area (Å²) in [5.41, 5.74) is 0.424. The molecule has 3 aromatic rings. The maximum absolute atomic E-state index is 12.0. The lowest BCUT2D eigenvalue weighted by molar-refractivity contribution is -0.384. The van der Waals surface area contributed by atoms with Crippen molar-refractivity contribution < 1.29 is 14.8 Å². The minimum atomic E-state index is -0.664. The molecule has 0 fully saturated rings. The number of nitro groups is 1. The van der Waals surface area contributed by atoms with Crippen molar-refractivity contribution in [2.24, 2.45) is 10.2 Å². The molecule has 2 heterocycles. The Morgan fingerprint density at radius 3 is 2.83 bits per heavy atom. The number of benzene rings is 1. The highest BCUT2D eigenvalue weighted by molar-refractivity contribution is 9.10. The van der Waals surface area contributed by atoms with Crippen LogP contribution in [0, 0.1) is 10.1 Å². The first kappa shape index (κ1) is 15.7. The maximum Gasteiger partial charge on any atom is 0.297 e. The van der Waals surface area contributed by atoms with E-state index in [2.05, 4.69) is 36.1 Å². The van der Waals surface area contributed by atoms with E-state index in [1.54, 1.807) is 0 Å². The van der Waals surface area contributed by atoms with E-state index in [-0.39, 0.29) is 28.2 Å². The van der Waals surface area contributed by atoms with Crippen LogP contribution >= 0.6 is 15.9 Å². The number of aromatic nitrogens is 2. The molecular formula is C14H8BrN5O4. The predicted molar refractivity (Wildman–Crippen MR) is 87.4 cm³/mol. The van der Waals surface area contributed by atoms with Gasteiger partial charge in [0.1, 0.15) is 0 Å². The van der Waals surface area contributed by atoms with Gasteiger partial charge in [-0.3, -0.25) is 19.9 Å². The highest BCUT2D eigenvalue weighted by atomic mass is 79.9. The highest BCUT2D eigenvalue weighted by Gasteiger charge is 2.15. The molecule has 24 heavy (non-hydrogen) atoms. The largest absolute Gasteiger partial charge is 0.493 e. The lowest BCUT2D eigenvalue weighted by Crippen LogP contribution is -1.94. The zero-order valence-corrected chi connectivity index (χ0v) is 13.4. The van der Waals surface area contributed by atoms with Crippen molar-refractivity contribution in [3.8, 4) is 5.88 Å². The summed E-state index contributed by atoms with van der Waals surface area (Å²) in [4.78, 5) is 28.7. The second-order valence-corrected chi connectivity index (χ2v) is 5.62. The number of carbonyl (C=O) groups excluding carboxylic acids is 1. The van der Waals surface area contributed by atoms with Gasteiger partial charge in [0.05, 0.1) is 16.0 Å². The molecule has 10 heteroatoms. The molecule has 0 radical (unpaired) electrons. The Bertz CT molecular complexity index is 998. The van der Waals surface area contributed by atoms with Gasteiger partial charge in [0.25, 0.3) is 11.6 Å². The quantitative estimate of drug-likeness (QED) is 0.398. The molecule has 0 bridgehead atoms. The number of hydrogen-bond acceptors (Lipinski definition) is 6. The van der Waals surface area contributed by atoms with Gasteiger partial charge >= 0.3 is 0 Å². The molecular weight excluding hydrogens is 382 g/mol. The maximum atomic E-state index is 12.0. The van der Waals surface area contributed by atoms with Gasteiger partial charge in [-0.15, -0.1) is 10.2 Å². The summed E-state index contributed by atoms with van der Waals surface area (Å²) in [6.07, 6.45) is 2.84. The molecule has 2 N–H and O–H groups in total. The van der Waals surface area contributed by atoms with Gasteiger partial charge in [-0.05, 0) is 28.1 Å². The number of rotatable bonds is 3. The number of aromatic hydroxyl groups is 1. The number of amides is 1. The summed E-state index contributed by atoms with van der Waals surface area (Å²) in [7, 11) is 0. The molecule has 0 aliphatic rings. The molecule has 9 nitrogen and oxygen atoms in total. The van der Waals surface area contributed by atoms with Gasteiger partial charge in [-0.2, -0.15) is 0 Å². The number of azo groups is 1. The Balaban J connectivity index is 1.99. The molecule has 0 atom stereocenters. The van der Waals surface area contributed by atoms with Crippen LogP contribution in [-0.4, -0.2) is 25.9 Å². The zero-order chi connectivity index (χ0) is 17.3. The number of aromatic amines is 1. The number of pyridine rings is 1. The van der Waals surface area contributed by atoms with Gasteiger partial charge in [-0.1, -0.05) is 0 Å². The number of carbonyl (C=O) groups is 1. The number of non-ortho nitro benzene ring substituents is 1. The summed E-state index contributed by atoms with van der Waals surface area (Å²) in [6.45, 7) is 0. The average Bonchev–Trinajstić information content (AvgIpc) is 2.87. The van der Waals surface area contributed by atoms with E-state index >= 15 is 0 Å². The molecule has 2 aromatic heterocycles. The second kappa shape index (κ2) is 6.16. The van der Waals surface area contributed by atoms with Crippen LogP contribution in [0.15, 0.2) is 51.4 Å². The molecule has 3 rings (SSSR count). The Hall–Kier alpha value is -3.14. The third kappa shape index (κ3) is 2.99. The summed E-state index contributed by atoms with van der Waals surface area (Å²) in [5.74, 6) is -1.00. The van der Waals surface area contributed by atoms with Crippen molar-refractivity contribution >= 4 is 44.1 Å². The first-order valence-corrected chi connectivity index (χ1v) is 7.30. The molecule has 1 aromatic carbocycles. The van der Waals surface area contributed by atoms with Crippen LogP contribution in [0.4, 0.5) is 11.4 Å². The van der Waals surface area contributed by atoms with Crippen LogP contribution in [0.1, 0.15) is 10.4 Å². The second-order valence-electron chi connectivity index (χ2n) is 4.71. The predicted octanol–water partition coefficient (Wildman–Crippen LogP) is 3.86. The number of nitro benzene ring substituents is 1. The molecule has 0 saturated carbocycles. The van der Waals surface area contributed by atoms with Crippen molar-refractivity contribution in [3.63, 3.8) is 0 Å². The van der Waals surface area contributed by atoms with Crippen molar-refractivity contribution in [3.05, 3.63) is 56.8 Å². The minimum absolute atomic E-state index is 0.0509. The Morgan fingerprint density at radius 1 is 1.33 bits per heavy atom. The van der Waals surface area contributed by atoms with Gasteiger partial charge in [0.15, 0.2) is 5.69 Å². The van der Waals surface area contributed by atoms with E-state index in [9.17, 15) is 20.0 Å². The van der Waals surface area contributed by atoms with E-state index in [1.807, 2.05) is 0 Å². The first-order valence-electron chi connectivity index (χ1n) is 6.51. The van der Waals surface area contributed by atoms with Crippen LogP contribution < -0.4 is 0 Å². The molecule has 0 aliphatic heterocycles. The van der Waals surface area contributed by atoms with Gasteiger partial charge in [0.2, 0.25) is 5.88 Å². The van der Waals surface area contributed by atoms with Crippen molar-refractivity contribution in [1.82, 2.24) is 9.97 Å². The number of nitrogens with one attached hydrogen (secondary N) is 1. The SMILES string of the molecule is O=C(N=Nc1c(O)[nH]c2ccc([N+](=O)[O-])cc12)c1cncc(Br)c1. The van der Waals surface area contributed by atoms with Gasteiger partial charge in [-0.25, -0.2) is 0 Å². The molecule has 0 saturated heterocycles. The Kier molecular flexibility index (Phi) is 4.04. The fourth-order valence-electron chi connectivity index (χ4n) is 2.05. The van der Waals surface area contributed by atoms with E-state index < -0.39 is 10.8 Å². The standard InChI is InChI=1S/C14H8BrN5O4/c15-8-3-7(5-16-6-8)13(21)19-18-12-10-4-9(20(23)24)1-2-11(10)17-14(12)22/h1-6,17,22H. The van der Waals surface area contributed by atoms with Crippen molar-refractivity contribution in [1.29, 1.82) is 0 Å². The highest BCUT2D eigenvalue weighted by Crippen LogP contribution is 2.37. The topological polar surface area (TPSA) is 134 Å². The van der Waals surface area contributed by atoms with Crippen LogP contribution in [-0.2, 0) is 0 Å². The first-order chi connectivity index (χ1) is 11.5. The monoisotopic (exact) mass is 389 g/mol. The normalized spacial score (nSPS) is 11.2. The van der Waals surface area contributed by atoms with E-state index in [0.717, 1.165) is 0 Å². The minimum Gasteiger partial charge on any atom is -0.493 e. The van der Waals surface area contributed by atoms with Gasteiger partial charge < -0.3 is 10.1 Å². The molecule has 0 spiro atoms. The van der Waals surface area contributed by atoms with Crippen LogP contribution in [0.2, 0.25) is 0 Å². The number of nitrogens with zero attached hydrogens (tertiary/aromatic N) is 4.